The van der Waals surface area contributed by atoms with Gasteiger partial charge >= 0.3 is 0 Å². The van der Waals surface area contributed by atoms with Crippen molar-refractivity contribution >= 4 is 0 Å². The molecule has 106 valence electrons. The highest BCUT2D eigenvalue weighted by Crippen LogP contribution is 2.19. The Morgan fingerprint density at radius 3 is 3.00 bits per heavy atom. The second-order valence-electron chi connectivity index (χ2n) is 5.04. The highest BCUT2D eigenvalue weighted by Gasteiger charge is 2.24. The van der Waals surface area contributed by atoms with Crippen LogP contribution in [0, 0.1) is 6.92 Å². The van der Waals surface area contributed by atoms with E-state index in [0.29, 0.717) is 0 Å². The minimum Gasteiger partial charge on any atom is -0.367 e. The summed E-state index contributed by atoms with van der Waals surface area (Å²) in [6, 6.07) is 4.13. The van der Waals surface area contributed by atoms with E-state index in [1.807, 2.05) is 19.3 Å². The molecule has 0 saturated carbocycles. The Kier molecular flexibility index (Phi) is 4.03. The molecule has 0 aliphatic carbocycles. The summed E-state index contributed by atoms with van der Waals surface area (Å²) in [5.74, 6) is 1.59. The van der Waals surface area contributed by atoms with E-state index in [2.05, 4.69) is 37.2 Å². The summed E-state index contributed by atoms with van der Waals surface area (Å²) in [5, 5.41) is 7.07. The van der Waals surface area contributed by atoms with Crippen molar-refractivity contribution in [2.45, 2.75) is 19.4 Å². The van der Waals surface area contributed by atoms with Gasteiger partial charge in [0.1, 0.15) is 11.9 Å². The number of hydrogen-bond acceptors (Lipinski definition) is 5. The fourth-order valence-corrected chi connectivity index (χ4v) is 2.40. The lowest BCUT2D eigenvalue weighted by Gasteiger charge is -2.31. The number of hydrogen-bond donors (Lipinski definition) is 1. The Bertz CT molecular complexity index is 542. The predicted molar refractivity (Wildman–Crippen MR) is 74.2 cm³/mol. The Morgan fingerprint density at radius 1 is 1.40 bits per heavy atom. The van der Waals surface area contributed by atoms with Crippen LogP contribution < -0.4 is 0 Å². The molecule has 3 rings (SSSR count). The van der Waals surface area contributed by atoms with Crippen molar-refractivity contribution in [1.82, 2.24) is 25.1 Å². The first-order valence-corrected chi connectivity index (χ1v) is 6.93. The molecule has 0 aromatic carbocycles. The zero-order valence-electron chi connectivity index (χ0n) is 11.6. The van der Waals surface area contributed by atoms with Gasteiger partial charge in [-0.25, -0.2) is 4.98 Å². The van der Waals surface area contributed by atoms with Crippen molar-refractivity contribution in [1.29, 1.82) is 0 Å². The molecule has 20 heavy (non-hydrogen) atoms. The summed E-state index contributed by atoms with van der Waals surface area (Å²) < 4.78 is 5.76. The third-order valence-electron chi connectivity index (χ3n) is 3.52. The van der Waals surface area contributed by atoms with Crippen LogP contribution in [0.3, 0.4) is 0 Å². The average Bonchev–Trinajstić information content (AvgIpc) is 2.93. The first kappa shape index (κ1) is 13.2. The number of morpholine rings is 1. The zero-order valence-corrected chi connectivity index (χ0v) is 11.6. The van der Waals surface area contributed by atoms with Crippen LogP contribution >= 0.6 is 0 Å². The lowest BCUT2D eigenvalue weighted by Crippen LogP contribution is -2.39. The van der Waals surface area contributed by atoms with E-state index in [-0.39, 0.29) is 6.10 Å². The van der Waals surface area contributed by atoms with E-state index in [1.165, 1.54) is 5.56 Å². The largest absolute Gasteiger partial charge is 0.367 e. The minimum atomic E-state index is -0.0221. The lowest BCUT2D eigenvalue weighted by atomic mass is 10.1. The molecule has 1 saturated heterocycles. The molecule has 2 aromatic heterocycles. The first-order valence-electron chi connectivity index (χ1n) is 6.93. The van der Waals surface area contributed by atoms with Crippen molar-refractivity contribution in [2.75, 3.05) is 26.2 Å². The highest BCUT2D eigenvalue weighted by molar-refractivity contribution is 5.10. The molecule has 0 bridgehead atoms. The molecule has 0 spiro atoms. The molecular formula is C14H19N5O. The van der Waals surface area contributed by atoms with Gasteiger partial charge in [0.2, 0.25) is 0 Å². The molecule has 0 amide bonds. The minimum absolute atomic E-state index is 0.0221. The van der Waals surface area contributed by atoms with Gasteiger partial charge in [-0.2, -0.15) is 5.10 Å². The van der Waals surface area contributed by atoms with Crippen LogP contribution in [0.25, 0.3) is 0 Å². The van der Waals surface area contributed by atoms with Gasteiger partial charge in [0.05, 0.1) is 6.61 Å². The van der Waals surface area contributed by atoms with Gasteiger partial charge in [-0.05, 0) is 31.0 Å². The normalized spacial score (nSPS) is 20.1. The fourth-order valence-electron chi connectivity index (χ4n) is 2.40. The fraction of sp³-hybridized carbons (Fsp3) is 0.500. The number of nitrogens with zero attached hydrogens (tertiary/aromatic N) is 4. The predicted octanol–water partition coefficient (Wildman–Crippen LogP) is 1.12. The average molecular weight is 273 g/mol. The van der Waals surface area contributed by atoms with Crippen molar-refractivity contribution in [3.63, 3.8) is 0 Å². The smallest absolute Gasteiger partial charge is 0.180 e. The quantitative estimate of drug-likeness (QED) is 0.904. The van der Waals surface area contributed by atoms with E-state index < -0.39 is 0 Å². The Balaban J connectivity index is 1.55. The van der Waals surface area contributed by atoms with Crippen LogP contribution in [-0.2, 0) is 11.2 Å². The third kappa shape index (κ3) is 3.20. The van der Waals surface area contributed by atoms with Crippen molar-refractivity contribution in [3.8, 4) is 0 Å². The molecule has 1 aliphatic rings. The van der Waals surface area contributed by atoms with Gasteiger partial charge < -0.3 is 4.74 Å². The SMILES string of the molecule is Cc1nc([C@H]2CN(CCc3ccncc3)CCO2)n[nH]1. The van der Waals surface area contributed by atoms with Gasteiger partial charge in [-0.15, -0.1) is 0 Å². The monoisotopic (exact) mass is 273 g/mol. The molecule has 3 heterocycles. The van der Waals surface area contributed by atoms with Gasteiger partial charge in [0, 0.05) is 32.0 Å². The van der Waals surface area contributed by atoms with Gasteiger partial charge in [-0.1, -0.05) is 0 Å². The second kappa shape index (κ2) is 6.11. The molecular weight excluding hydrogens is 254 g/mol. The van der Waals surface area contributed by atoms with E-state index in [1.54, 1.807) is 0 Å². The standard InChI is InChI=1S/C14H19N5O/c1-11-16-14(18-17-11)13-10-19(8-9-20-13)7-4-12-2-5-15-6-3-12/h2-3,5-6,13H,4,7-10H2,1H3,(H,16,17,18)/t13-/m1/s1. The van der Waals surface area contributed by atoms with E-state index in [0.717, 1.165) is 44.3 Å². The van der Waals surface area contributed by atoms with Crippen molar-refractivity contribution in [3.05, 3.63) is 41.7 Å². The summed E-state index contributed by atoms with van der Waals surface area (Å²) in [6.45, 7) is 5.47. The number of nitrogens with one attached hydrogen (secondary N) is 1. The van der Waals surface area contributed by atoms with Crippen LogP contribution in [0.2, 0.25) is 0 Å². The maximum atomic E-state index is 5.76. The van der Waals surface area contributed by atoms with E-state index in [9.17, 15) is 0 Å². The summed E-state index contributed by atoms with van der Waals surface area (Å²) in [5.41, 5.74) is 1.32. The summed E-state index contributed by atoms with van der Waals surface area (Å²) in [7, 11) is 0. The molecule has 0 unspecified atom stereocenters. The number of pyridine rings is 1. The maximum absolute atomic E-state index is 5.76. The summed E-state index contributed by atoms with van der Waals surface area (Å²) in [4.78, 5) is 10.8. The number of aromatic amines is 1. The second-order valence-corrected chi connectivity index (χ2v) is 5.04. The zero-order chi connectivity index (χ0) is 13.8. The maximum Gasteiger partial charge on any atom is 0.180 e. The van der Waals surface area contributed by atoms with Crippen LogP contribution in [-0.4, -0.2) is 51.3 Å². The molecule has 0 radical (unpaired) electrons. The number of aromatic nitrogens is 4. The molecule has 2 aromatic rings. The van der Waals surface area contributed by atoms with E-state index in [4.69, 9.17) is 4.74 Å². The van der Waals surface area contributed by atoms with Crippen molar-refractivity contribution < 1.29 is 4.74 Å². The molecule has 6 nitrogen and oxygen atoms in total. The van der Waals surface area contributed by atoms with Crippen LogP contribution in [0.5, 0.6) is 0 Å². The van der Waals surface area contributed by atoms with Gasteiger partial charge in [-0.3, -0.25) is 15.0 Å². The molecule has 1 N–H and O–H groups in total. The topological polar surface area (TPSA) is 66.9 Å². The van der Waals surface area contributed by atoms with Crippen molar-refractivity contribution in [2.24, 2.45) is 0 Å². The number of H-pyrrole nitrogens is 1. The van der Waals surface area contributed by atoms with Gasteiger partial charge in [0.25, 0.3) is 0 Å². The van der Waals surface area contributed by atoms with E-state index >= 15 is 0 Å². The molecule has 6 heteroatoms. The Hall–Kier alpha value is -1.79. The summed E-state index contributed by atoms with van der Waals surface area (Å²) >= 11 is 0. The molecule has 1 aliphatic heterocycles. The third-order valence-corrected chi connectivity index (χ3v) is 3.52. The Morgan fingerprint density at radius 2 is 2.25 bits per heavy atom. The lowest BCUT2D eigenvalue weighted by molar-refractivity contribution is -0.0337. The summed E-state index contributed by atoms with van der Waals surface area (Å²) in [6.07, 6.45) is 4.69. The highest BCUT2D eigenvalue weighted by atomic mass is 16.5. The van der Waals surface area contributed by atoms with Gasteiger partial charge in [0.15, 0.2) is 5.82 Å². The number of ether oxygens (including phenoxy) is 1. The van der Waals surface area contributed by atoms with Crippen LogP contribution in [0.1, 0.15) is 23.3 Å². The number of aryl methyl sites for hydroxylation is 1. The first-order chi connectivity index (χ1) is 9.81. The van der Waals surface area contributed by atoms with Crippen LogP contribution in [0.15, 0.2) is 24.5 Å². The van der Waals surface area contributed by atoms with Crippen LogP contribution in [0.4, 0.5) is 0 Å². The number of rotatable bonds is 4. The Labute approximate surface area is 118 Å². The molecule has 1 fully saturated rings. The molecule has 1 atom stereocenters.